The Morgan fingerprint density at radius 3 is 0.739 bits per heavy atom. The molecule has 12 amide bonds. The van der Waals surface area contributed by atoms with Gasteiger partial charge in [-0.1, -0.05) is 167 Å². The van der Waals surface area contributed by atoms with Gasteiger partial charge >= 0.3 is 5.97 Å². The number of carboxylic acids is 1. The number of carbonyl (C=O) groups is 13. The summed E-state index contributed by atoms with van der Waals surface area (Å²) in [5.41, 5.74) is 31.3. The van der Waals surface area contributed by atoms with E-state index >= 15 is 0 Å². The molecule has 31 heteroatoms. The molecule has 31 nitrogen and oxygen atoms in total. The van der Waals surface area contributed by atoms with Gasteiger partial charge in [0, 0.05) is 19.3 Å². The molecule has 23 N–H and O–H groups in total. The summed E-state index contributed by atoms with van der Waals surface area (Å²) in [6, 6.07) is 10.2. The highest BCUT2D eigenvalue weighted by Gasteiger charge is 2.38. The molecule has 0 fully saturated rings. The molecule has 0 radical (unpaired) electrons. The van der Waals surface area contributed by atoms with Crippen LogP contribution in [-0.4, -0.2) is 187 Å². The van der Waals surface area contributed by atoms with Crippen molar-refractivity contribution in [2.45, 2.75) is 283 Å². The number of carbonyl (C=O) groups excluding carboxylic acids is 12. The average Bonchev–Trinajstić information content (AvgIpc) is 0.851. The molecule has 3 aromatic carbocycles. The topological polar surface area (TPSA) is 517 Å². The largest absolute Gasteiger partial charge is 0.480 e. The second-order valence-corrected chi connectivity index (χ2v) is 32.2. The van der Waals surface area contributed by atoms with Gasteiger partial charge in [-0.25, -0.2) is 4.79 Å². The molecule has 0 aliphatic heterocycles. The normalized spacial score (nSPS) is 14.8. The van der Waals surface area contributed by atoms with Crippen molar-refractivity contribution >= 4 is 76.9 Å². The van der Waals surface area contributed by atoms with E-state index in [0.717, 1.165) is 0 Å². The van der Waals surface area contributed by atoms with Crippen LogP contribution in [-0.2, 0) is 81.6 Å². The van der Waals surface area contributed by atoms with Crippen LogP contribution < -0.4 is 92.5 Å². The van der Waals surface area contributed by atoms with Crippen LogP contribution in [0.15, 0.2) is 91.0 Å². The lowest BCUT2D eigenvalue weighted by Crippen LogP contribution is -2.61. The van der Waals surface area contributed by atoms with E-state index in [1.54, 1.807) is 91.0 Å². The first kappa shape index (κ1) is 99.8. The number of aliphatic carboxylic acids is 1. The van der Waals surface area contributed by atoms with Gasteiger partial charge < -0.3 is 97.6 Å². The SMILES string of the molecule is CC(C)C[C@H](NC(=O)[C@H](CC(C)C)NC(=O)[C@H](CC(C)C)NC(=O)[C@H](CCCCN)NC(=O)[C@H](CCCCN)NC(=O)[C@H](CCCCN)NC(=O)[C@@H](N)CCCCN)C(=O)N[C@@H](C)C(=O)N[C@@H](Cc1ccccc1)C(=O)N[C@@H](CC(C)C)C(=O)N[C@@H](Cc1ccccc1)C(=O)N[C@@H](CC(C)C)C(=O)N[C@@H](Cc1ccccc1)C(=O)O. The van der Waals surface area contributed by atoms with Crippen molar-refractivity contribution in [2.24, 2.45) is 58.3 Å². The lowest BCUT2D eigenvalue weighted by Gasteiger charge is -2.29. The molecule has 0 spiro atoms. The third-order valence-electron chi connectivity index (χ3n) is 19.2. The fourth-order valence-electron chi connectivity index (χ4n) is 13.0. The van der Waals surface area contributed by atoms with Gasteiger partial charge in [-0.2, -0.15) is 0 Å². The van der Waals surface area contributed by atoms with E-state index in [2.05, 4.69) is 63.8 Å². The highest BCUT2D eigenvalue weighted by Crippen LogP contribution is 2.18. The van der Waals surface area contributed by atoms with E-state index in [0.29, 0.717) is 94.1 Å². The van der Waals surface area contributed by atoms with Crippen LogP contribution in [0.4, 0.5) is 0 Å². The molecule has 115 heavy (non-hydrogen) atoms. The summed E-state index contributed by atoms with van der Waals surface area (Å²) < 4.78 is 0. The van der Waals surface area contributed by atoms with Crippen molar-refractivity contribution in [2.75, 3.05) is 26.2 Å². The number of benzene rings is 3. The number of rotatable bonds is 57. The fraction of sp³-hybridized carbons (Fsp3) is 0.631. The smallest absolute Gasteiger partial charge is 0.326 e. The molecule has 0 saturated heterocycles. The summed E-state index contributed by atoms with van der Waals surface area (Å²) in [4.78, 5) is 186. The highest BCUT2D eigenvalue weighted by atomic mass is 16.4. The minimum atomic E-state index is -1.37. The van der Waals surface area contributed by atoms with Crippen LogP contribution in [0.25, 0.3) is 0 Å². The second-order valence-electron chi connectivity index (χ2n) is 32.2. The maximum absolute atomic E-state index is 14.8. The Hall–Kier alpha value is -9.43. The fourth-order valence-corrected chi connectivity index (χ4v) is 13.0. The summed E-state index contributed by atoms with van der Waals surface area (Å²) in [5.74, 6) is -11.0. The Bertz CT molecular complexity index is 3480. The minimum absolute atomic E-state index is 0.0258. The first-order valence-electron chi connectivity index (χ1n) is 41.1. The van der Waals surface area contributed by atoms with Gasteiger partial charge in [-0.3, -0.25) is 57.5 Å². The Labute approximate surface area is 680 Å². The van der Waals surface area contributed by atoms with Crippen LogP contribution in [0.1, 0.15) is 202 Å². The zero-order valence-electron chi connectivity index (χ0n) is 69.7. The summed E-state index contributed by atoms with van der Waals surface area (Å²) in [6.45, 7) is 21.0. The number of hydrogen-bond donors (Lipinski definition) is 18. The minimum Gasteiger partial charge on any atom is -0.480 e. The third kappa shape index (κ3) is 39.7. The molecular formula is C84H137N17O14. The maximum Gasteiger partial charge on any atom is 0.326 e. The molecule has 3 rings (SSSR count). The summed E-state index contributed by atoms with van der Waals surface area (Å²) >= 11 is 0. The molecule has 0 bridgehead atoms. The molecule has 0 unspecified atom stereocenters. The lowest BCUT2D eigenvalue weighted by molar-refractivity contribution is -0.142. The van der Waals surface area contributed by atoms with Crippen molar-refractivity contribution in [3.05, 3.63) is 108 Å². The summed E-state index contributed by atoms with van der Waals surface area (Å²) in [6.07, 6.45) is 5.04. The van der Waals surface area contributed by atoms with Crippen LogP contribution in [0, 0.1) is 29.6 Å². The average molecular weight is 1610 g/mol. The molecule has 642 valence electrons. The molecular weight excluding hydrogens is 1470 g/mol. The standard InChI is InChI=1S/C84H137N17O14/c1-51(2)43-64(96-79(109)66(45-53(5)6)97-78(108)65(44-52(3)4)95-76(106)63(38-24-28-42-88)93-75(105)62(37-23-27-41-87)92-74(104)61(36-22-26-40-86)91-73(103)60(89)35-21-25-39-85)77(107)90-56(11)72(102)94-69(48-57-29-15-12-16-30-57)82(112)98-67(46-54(7)8)80(110)100-70(49-58-31-17-13-18-32-58)83(113)99-68(47-55(9)10)81(111)101-71(84(114)115)50-59-33-19-14-20-34-59/h12-20,29-34,51-56,60-71H,21-28,35-50,85-89H2,1-11H3,(H,90,107)(H,91,103)(H,92,104)(H,93,105)(H,94,102)(H,95,106)(H,96,109)(H,97,108)(H,98,112)(H,99,113)(H,100,110)(H,101,111)(H,114,115)/t56-,60-,61-,62-,63-,64-,65-,66-,67-,68-,69-,70-,71-/m0/s1. The van der Waals surface area contributed by atoms with Crippen LogP contribution in [0.3, 0.4) is 0 Å². The van der Waals surface area contributed by atoms with Gasteiger partial charge in [0.1, 0.15) is 72.5 Å². The number of hydrogen-bond acceptors (Lipinski definition) is 18. The summed E-state index contributed by atoms with van der Waals surface area (Å²) in [5, 5.41) is 43.5. The van der Waals surface area contributed by atoms with E-state index in [9.17, 15) is 67.4 Å². The van der Waals surface area contributed by atoms with Crippen molar-refractivity contribution in [3.8, 4) is 0 Å². The first-order chi connectivity index (χ1) is 54.6. The third-order valence-corrected chi connectivity index (χ3v) is 19.2. The van der Waals surface area contributed by atoms with Crippen LogP contribution in [0.5, 0.6) is 0 Å². The van der Waals surface area contributed by atoms with E-state index in [1.807, 2.05) is 69.2 Å². The predicted octanol–water partition coefficient (Wildman–Crippen LogP) is 2.71. The molecule has 0 aliphatic rings. The Balaban J connectivity index is 1.92. The van der Waals surface area contributed by atoms with Gasteiger partial charge in [0.15, 0.2) is 0 Å². The Kier molecular flexibility index (Phi) is 47.2. The van der Waals surface area contributed by atoms with Crippen molar-refractivity contribution in [1.29, 1.82) is 0 Å². The maximum atomic E-state index is 14.8. The Morgan fingerprint density at radius 2 is 0.470 bits per heavy atom. The van der Waals surface area contributed by atoms with E-state index in [-0.39, 0.29) is 107 Å². The number of unbranched alkanes of at least 4 members (excludes halogenated alkanes) is 4. The molecule has 0 heterocycles. The molecule has 0 aliphatic carbocycles. The molecule has 0 saturated carbocycles. The summed E-state index contributed by atoms with van der Waals surface area (Å²) in [7, 11) is 0. The number of nitrogens with two attached hydrogens (primary N) is 5. The first-order valence-corrected chi connectivity index (χ1v) is 41.1. The molecule has 0 aromatic heterocycles. The molecule has 13 atom stereocenters. The highest BCUT2D eigenvalue weighted by molar-refractivity contribution is 6.00. The predicted molar refractivity (Wildman–Crippen MR) is 444 cm³/mol. The zero-order valence-corrected chi connectivity index (χ0v) is 69.7. The van der Waals surface area contributed by atoms with Crippen molar-refractivity contribution in [3.63, 3.8) is 0 Å². The van der Waals surface area contributed by atoms with Gasteiger partial charge in [0.05, 0.1) is 6.04 Å². The van der Waals surface area contributed by atoms with Crippen molar-refractivity contribution < 1.29 is 67.4 Å². The monoisotopic (exact) mass is 1610 g/mol. The van der Waals surface area contributed by atoms with Gasteiger partial charge in [-0.15, -0.1) is 0 Å². The van der Waals surface area contributed by atoms with Crippen molar-refractivity contribution in [1.82, 2.24) is 63.8 Å². The quantitative estimate of drug-likeness (QED) is 0.0361. The van der Waals surface area contributed by atoms with Gasteiger partial charge in [0.2, 0.25) is 70.9 Å². The van der Waals surface area contributed by atoms with E-state index in [1.165, 1.54) is 6.92 Å². The van der Waals surface area contributed by atoms with Crippen LogP contribution >= 0.6 is 0 Å². The molecule has 3 aromatic rings. The second kappa shape index (κ2) is 54.4. The zero-order chi connectivity index (χ0) is 85.7. The van der Waals surface area contributed by atoms with Crippen LogP contribution in [0.2, 0.25) is 0 Å². The van der Waals surface area contributed by atoms with E-state index < -0.39 is 155 Å². The van der Waals surface area contributed by atoms with E-state index in [4.69, 9.17) is 28.7 Å². The number of carboxylic acid groups (broad SMARTS) is 1. The Morgan fingerprint density at radius 1 is 0.261 bits per heavy atom. The number of nitrogens with one attached hydrogen (secondary N) is 12. The number of amides is 12. The lowest BCUT2D eigenvalue weighted by atomic mass is 9.98. The van der Waals surface area contributed by atoms with Gasteiger partial charge in [-0.05, 0) is 182 Å². The van der Waals surface area contributed by atoms with Gasteiger partial charge in [0.25, 0.3) is 0 Å².